The highest BCUT2D eigenvalue weighted by atomic mass is 79.9. The molecule has 2 rings (SSSR count). The summed E-state index contributed by atoms with van der Waals surface area (Å²) in [5, 5.41) is 0.955. The van der Waals surface area contributed by atoms with Gasteiger partial charge in [0.05, 0.1) is 0 Å². The summed E-state index contributed by atoms with van der Waals surface area (Å²) in [5.41, 5.74) is -0.184. The maximum Gasteiger partial charge on any atom is 0.293 e. The molecule has 0 atom stereocenters. The molecule has 0 N–H and O–H groups in total. The predicted molar refractivity (Wildman–Crippen MR) is 86.9 cm³/mol. The van der Waals surface area contributed by atoms with Crippen LogP contribution in [0.4, 0.5) is 5.82 Å². The molecule has 1 aromatic heterocycles. The van der Waals surface area contributed by atoms with Crippen molar-refractivity contribution in [2.45, 2.75) is 58.0 Å². The van der Waals surface area contributed by atoms with Crippen molar-refractivity contribution in [1.29, 1.82) is 0 Å². The number of hydrogen-bond acceptors (Lipinski definition) is 3. The number of halogens is 1. The van der Waals surface area contributed by atoms with Crippen molar-refractivity contribution in [2.75, 3.05) is 16.8 Å². The van der Waals surface area contributed by atoms with E-state index in [0.717, 1.165) is 18.3 Å². The monoisotopic (exact) mass is 341 g/mol. The minimum Gasteiger partial charge on any atom is -0.349 e. The third kappa shape index (κ3) is 3.25. The number of nitrogens with zero attached hydrogens (tertiary/aromatic N) is 3. The zero-order valence-electron chi connectivity index (χ0n) is 12.6. The molecule has 112 valence electrons. The van der Waals surface area contributed by atoms with Gasteiger partial charge >= 0.3 is 0 Å². The minimum atomic E-state index is -0.213. The van der Waals surface area contributed by atoms with Crippen LogP contribution in [-0.2, 0) is 5.54 Å². The van der Waals surface area contributed by atoms with Crippen LogP contribution in [-0.4, -0.2) is 27.5 Å². The topological polar surface area (TPSA) is 38.1 Å². The summed E-state index contributed by atoms with van der Waals surface area (Å²) in [6, 6.07) is 0.491. The Morgan fingerprint density at radius 1 is 1.45 bits per heavy atom. The first-order valence-corrected chi connectivity index (χ1v) is 8.48. The Morgan fingerprint density at radius 2 is 2.15 bits per heavy atom. The first-order valence-electron chi connectivity index (χ1n) is 7.36. The summed E-state index contributed by atoms with van der Waals surface area (Å²) in [6.45, 7) is 7.03. The quantitative estimate of drug-likeness (QED) is 0.772. The molecule has 20 heavy (non-hydrogen) atoms. The van der Waals surface area contributed by atoms with E-state index in [1.807, 2.05) is 20.8 Å². The molecular weight excluding hydrogens is 318 g/mol. The fourth-order valence-electron chi connectivity index (χ4n) is 2.52. The summed E-state index contributed by atoms with van der Waals surface area (Å²) < 4.78 is 1.79. The number of anilines is 1. The molecule has 1 aliphatic carbocycles. The van der Waals surface area contributed by atoms with Gasteiger partial charge in [-0.05, 0) is 46.5 Å². The van der Waals surface area contributed by atoms with Crippen LogP contribution in [0.1, 0.15) is 46.5 Å². The Labute approximate surface area is 129 Å². The van der Waals surface area contributed by atoms with Gasteiger partial charge < -0.3 is 9.47 Å². The Balaban J connectivity index is 2.35. The SMILES string of the molecule is CC(C)(C)n1ccnc(N(CCCBr)C2CCC2)c1=O. The van der Waals surface area contributed by atoms with Gasteiger partial charge in [-0.25, -0.2) is 4.98 Å². The van der Waals surface area contributed by atoms with Gasteiger partial charge in [0.2, 0.25) is 0 Å². The van der Waals surface area contributed by atoms with Crippen LogP contribution in [0.15, 0.2) is 17.2 Å². The lowest BCUT2D eigenvalue weighted by Gasteiger charge is -2.38. The predicted octanol–water partition coefficient (Wildman–Crippen LogP) is 3.14. The average Bonchev–Trinajstić information content (AvgIpc) is 2.31. The maximum absolute atomic E-state index is 12.7. The van der Waals surface area contributed by atoms with Crippen molar-refractivity contribution in [1.82, 2.24) is 9.55 Å². The van der Waals surface area contributed by atoms with Gasteiger partial charge in [0.25, 0.3) is 5.56 Å². The maximum atomic E-state index is 12.7. The summed E-state index contributed by atoms with van der Waals surface area (Å²) in [5.74, 6) is 0.619. The first kappa shape index (κ1) is 15.5. The van der Waals surface area contributed by atoms with Gasteiger partial charge in [0, 0.05) is 35.8 Å². The van der Waals surface area contributed by atoms with Gasteiger partial charge in [-0.1, -0.05) is 15.9 Å². The van der Waals surface area contributed by atoms with E-state index in [2.05, 4.69) is 25.8 Å². The van der Waals surface area contributed by atoms with Gasteiger partial charge in [-0.15, -0.1) is 0 Å². The number of hydrogen-bond donors (Lipinski definition) is 0. The lowest BCUT2D eigenvalue weighted by Crippen LogP contribution is -2.46. The number of rotatable bonds is 5. The molecule has 1 heterocycles. The summed E-state index contributed by atoms with van der Waals surface area (Å²) in [6.07, 6.45) is 8.18. The zero-order chi connectivity index (χ0) is 14.8. The van der Waals surface area contributed by atoms with E-state index < -0.39 is 0 Å². The van der Waals surface area contributed by atoms with E-state index in [4.69, 9.17) is 0 Å². The zero-order valence-corrected chi connectivity index (χ0v) is 14.2. The van der Waals surface area contributed by atoms with E-state index in [9.17, 15) is 4.79 Å². The lowest BCUT2D eigenvalue weighted by molar-refractivity contribution is 0.367. The molecule has 1 saturated carbocycles. The third-order valence-electron chi connectivity index (χ3n) is 3.87. The number of aromatic nitrogens is 2. The molecule has 0 bridgehead atoms. The molecule has 0 saturated heterocycles. The van der Waals surface area contributed by atoms with E-state index in [1.54, 1.807) is 17.0 Å². The Kier molecular flexibility index (Phi) is 4.89. The second kappa shape index (κ2) is 6.29. The molecule has 0 unspecified atom stereocenters. The molecule has 0 aliphatic heterocycles. The second-order valence-electron chi connectivity index (χ2n) is 6.42. The van der Waals surface area contributed by atoms with Crippen LogP contribution in [0.25, 0.3) is 0 Å². The highest BCUT2D eigenvalue weighted by molar-refractivity contribution is 9.09. The van der Waals surface area contributed by atoms with Crippen molar-refractivity contribution in [3.63, 3.8) is 0 Å². The van der Waals surface area contributed by atoms with Crippen molar-refractivity contribution in [3.05, 3.63) is 22.7 Å². The lowest BCUT2D eigenvalue weighted by atomic mass is 9.91. The van der Waals surface area contributed by atoms with Crippen LogP contribution in [0.5, 0.6) is 0 Å². The van der Waals surface area contributed by atoms with Crippen LogP contribution >= 0.6 is 15.9 Å². The Hall–Kier alpha value is -0.840. The van der Waals surface area contributed by atoms with Crippen LogP contribution in [0, 0.1) is 0 Å². The molecule has 0 radical (unpaired) electrons. The molecule has 1 aromatic rings. The van der Waals surface area contributed by atoms with Crippen LogP contribution < -0.4 is 10.5 Å². The van der Waals surface area contributed by atoms with Crippen molar-refractivity contribution < 1.29 is 0 Å². The number of alkyl halides is 1. The summed E-state index contributed by atoms with van der Waals surface area (Å²) in [7, 11) is 0. The van der Waals surface area contributed by atoms with Crippen molar-refractivity contribution in [3.8, 4) is 0 Å². The molecule has 0 aromatic carbocycles. The van der Waals surface area contributed by atoms with Crippen LogP contribution in [0.2, 0.25) is 0 Å². The van der Waals surface area contributed by atoms with E-state index in [-0.39, 0.29) is 11.1 Å². The van der Waals surface area contributed by atoms with E-state index >= 15 is 0 Å². The Bertz CT molecular complexity index is 503. The van der Waals surface area contributed by atoms with E-state index in [0.29, 0.717) is 11.9 Å². The van der Waals surface area contributed by atoms with Crippen molar-refractivity contribution in [2.24, 2.45) is 0 Å². The van der Waals surface area contributed by atoms with Gasteiger partial charge in [0.15, 0.2) is 5.82 Å². The fraction of sp³-hybridized carbons (Fsp3) is 0.733. The molecule has 0 spiro atoms. The summed E-state index contributed by atoms with van der Waals surface area (Å²) >= 11 is 3.47. The Morgan fingerprint density at radius 3 is 2.65 bits per heavy atom. The molecule has 0 amide bonds. The van der Waals surface area contributed by atoms with E-state index in [1.165, 1.54) is 19.3 Å². The second-order valence-corrected chi connectivity index (χ2v) is 7.21. The molecule has 5 heteroatoms. The standard InChI is InChI=1S/C15H24BrN3O/c1-15(2,3)19-11-9-17-13(14(19)20)18(10-5-8-16)12-6-4-7-12/h9,11-12H,4-8,10H2,1-3H3. The minimum absolute atomic E-state index is 0.0291. The smallest absolute Gasteiger partial charge is 0.293 e. The van der Waals surface area contributed by atoms with Gasteiger partial charge in [-0.3, -0.25) is 4.79 Å². The third-order valence-corrected chi connectivity index (χ3v) is 4.43. The van der Waals surface area contributed by atoms with Gasteiger partial charge in [-0.2, -0.15) is 0 Å². The highest BCUT2D eigenvalue weighted by Gasteiger charge is 2.28. The largest absolute Gasteiger partial charge is 0.349 e. The highest BCUT2D eigenvalue weighted by Crippen LogP contribution is 2.27. The van der Waals surface area contributed by atoms with Crippen LogP contribution in [0.3, 0.4) is 0 Å². The average molecular weight is 342 g/mol. The molecular formula is C15H24BrN3O. The molecule has 1 fully saturated rings. The summed E-state index contributed by atoms with van der Waals surface area (Å²) in [4.78, 5) is 19.3. The normalized spacial score (nSPS) is 16.0. The van der Waals surface area contributed by atoms with Gasteiger partial charge in [0.1, 0.15) is 0 Å². The first-order chi connectivity index (χ1) is 9.45. The molecule has 1 aliphatic rings. The fourth-order valence-corrected chi connectivity index (χ4v) is 2.77. The molecule has 4 nitrogen and oxygen atoms in total. The van der Waals surface area contributed by atoms with Crippen molar-refractivity contribution >= 4 is 21.7 Å².